The third kappa shape index (κ3) is 4.85. The molecule has 2 aromatic carbocycles. The molecule has 0 saturated heterocycles. The lowest BCUT2D eigenvalue weighted by Gasteiger charge is -2.08. The van der Waals surface area contributed by atoms with Gasteiger partial charge in [0.1, 0.15) is 17.2 Å². The molecule has 0 aliphatic carbocycles. The number of nitrogens with zero attached hydrogens (tertiary/aromatic N) is 1. The standard InChI is InChI=1S/C21H18N2O5/c1-23-13-5-8-18(23)20(25)22-19(24)14-27-21(26)15-9-11-17(12-10-15)28-16-6-3-2-4-7-16/h2-13H,14H2,1H3,(H,22,24,25). The number of para-hydroxylation sites is 1. The minimum atomic E-state index is -0.705. The number of aryl methyl sites for hydroxylation is 1. The molecule has 1 N–H and O–H groups in total. The van der Waals surface area contributed by atoms with Gasteiger partial charge in [-0.25, -0.2) is 4.79 Å². The number of ether oxygens (including phenoxy) is 2. The van der Waals surface area contributed by atoms with Crippen LogP contribution in [0.25, 0.3) is 0 Å². The number of amides is 2. The van der Waals surface area contributed by atoms with Crippen LogP contribution in [0, 0.1) is 0 Å². The predicted molar refractivity (Wildman–Crippen MR) is 101 cm³/mol. The maximum Gasteiger partial charge on any atom is 0.338 e. The minimum absolute atomic E-state index is 0.266. The summed E-state index contributed by atoms with van der Waals surface area (Å²) in [5, 5.41) is 2.17. The van der Waals surface area contributed by atoms with Gasteiger partial charge in [-0.2, -0.15) is 0 Å². The van der Waals surface area contributed by atoms with Crippen LogP contribution in [0.4, 0.5) is 0 Å². The van der Waals surface area contributed by atoms with E-state index in [1.54, 1.807) is 42.1 Å². The second-order valence-electron chi connectivity index (χ2n) is 5.90. The Bertz CT molecular complexity index is 978. The summed E-state index contributed by atoms with van der Waals surface area (Å²) in [6.45, 7) is -0.558. The molecule has 142 valence electrons. The molecule has 0 saturated carbocycles. The number of esters is 1. The van der Waals surface area contributed by atoms with Crippen LogP contribution in [0.2, 0.25) is 0 Å². The number of rotatable bonds is 6. The monoisotopic (exact) mass is 378 g/mol. The topological polar surface area (TPSA) is 86.6 Å². The average molecular weight is 378 g/mol. The van der Waals surface area contributed by atoms with Crippen molar-refractivity contribution in [2.45, 2.75) is 0 Å². The number of hydrogen-bond acceptors (Lipinski definition) is 5. The predicted octanol–water partition coefficient (Wildman–Crippen LogP) is 2.93. The van der Waals surface area contributed by atoms with E-state index in [1.807, 2.05) is 30.3 Å². The zero-order chi connectivity index (χ0) is 19.9. The maximum atomic E-state index is 12.1. The molecule has 7 nitrogen and oxygen atoms in total. The molecule has 28 heavy (non-hydrogen) atoms. The van der Waals surface area contributed by atoms with Crippen LogP contribution >= 0.6 is 0 Å². The number of hydrogen-bond donors (Lipinski definition) is 1. The van der Waals surface area contributed by atoms with Gasteiger partial charge in [0.15, 0.2) is 6.61 Å². The van der Waals surface area contributed by atoms with Gasteiger partial charge in [-0.1, -0.05) is 18.2 Å². The SMILES string of the molecule is Cn1cccc1C(=O)NC(=O)COC(=O)c1ccc(Oc2ccccc2)cc1. The molecule has 0 aliphatic rings. The lowest BCUT2D eigenvalue weighted by atomic mass is 10.2. The van der Waals surface area contributed by atoms with Crippen molar-refractivity contribution in [1.29, 1.82) is 0 Å². The Hall–Kier alpha value is -3.87. The molecule has 2 amide bonds. The van der Waals surface area contributed by atoms with Crippen LogP contribution in [0.5, 0.6) is 11.5 Å². The van der Waals surface area contributed by atoms with E-state index >= 15 is 0 Å². The fourth-order valence-corrected chi connectivity index (χ4v) is 2.42. The Kier molecular flexibility index (Phi) is 5.86. The summed E-state index contributed by atoms with van der Waals surface area (Å²) < 4.78 is 12.2. The van der Waals surface area contributed by atoms with E-state index in [1.165, 1.54) is 12.1 Å². The largest absolute Gasteiger partial charge is 0.457 e. The first kappa shape index (κ1) is 18.9. The molecular weight excluding hydrogens is 360 g/mol. The molecule has 1 heterocycles. The van der Waals surface area contributed by atoms with Crippen molar-refractivity contribution < 1.29 is 23.9 Å². The van der Waals surface area contributed by atoms with Crippen LogP contribution in [0.3, 0.4) is 0 Å². The van der Waals surface area contributed by atoms with Crippen molar-refractivity contribution >= 4 is 17.8 Å². The fraction of sp³-hybridized carbons (Fsp3) is 0.0952. The van der Waals surface area contributed by atoms with Crippen LogP contribution < -0.4 is 10.1 Å². The van der Waals surface area contributed by atoms with Gasteiger partial charge in [0, 0.05) is 13.2 Å². The molecule has 3 rings (SSSR count). The molecule has 7 heteroatoms. The van der Waals surface area contributed by atoms with E-state index < -0.39 is 24.4 Å². The zero-order valence-corrected chi connectivity index (χ0v) is 15.1. The minimum Gasteiger partial charge on any atom is -0.457 e. The summed E-state index contributed by atoms with van der Waals surface area (Å²) in [7, 11) is 1.69. The highest BCUT2D eigenvalue weighted by molar-refractivity contribution is 6.04. The van der Waals surface area contributed by atoms with Gasteiger partial charge in [-0.3, -0.25) is 14.9 Å². The van der Waals surface area contributed by atoms with Crippen molar-refractivity contribution in [1.82, 2.24) is 9.88 Å². The molecule has 0 spiro atoms. The van der Waals surface area contributed by atoms with Crippen LogP contribution in [-0.2, 0) is 16.6 Å². The van der Waals surface area contributed by atoms with Crippen molar-refractivity contribution in [3.8, 4) is 11.5 Å². The van der Waals surface area contributed by atoms with E-state index in [4.69, 9.17) is 9.47 Å². The maximum absolute atomic E-state index is 12.1. The molecule has 1 aromatic heterocycles. The van der Waals surface area contributed by atoms with Gasteiger partial charge in [0.25, 0.3) is 11.8 Å². The van der Waals surface area contributed by atoms with E-state index in [-0.39, 0.29) is 5.56 Å². The summed E-state index contributed by atoms with van der Waals surface area (Å²) in [5.74, 6) is -0.696. The number of nitrogens with one attached hydrogen (secondary N) is 1. The first-order valence-corrected chi connectivity index (χ1v) is 8.48. The highest BCUT2D eigenvalue weighted by Gasteiger charge is 2.15. The van der Waals surface area contributed by atoms with Gasteiger partial charge in [0.2, 0.25) is 0 Å². The van der Waals surface area contributed by atoms with Gasteiger partial charge in [-0.15, -0.1) is 0 Å². The van der Waals surface area contributed by atoms with Crippen molar-refractivity contribution in [2.24, 2.45) is 7.05 Å². The summed E-state index contributed by atoms with van der Waals surface area (Å²) in [6, 6.07) is 18.8. The first-order chi connectivity index (χ1) is 13.5. The number of carbonyl (C=O) groups excluding carboxylic acids is 3. The van der Waals surface area contributed by atoms with Gasteiger partial charge >= 0.3 is 5.97 Å². The van der Waals surface area contributed by atoms with Gasteiger partial charge < -0.3 is 14.0 Å². The second kappa shape index (κ2) is 8.68. The molecule has 0 atom stereocenters. The summed E-state index contributed by atoms with van der Waals surface area (Å²) >= 11 is 0. The summed E-state index contributed by atoms with van der Waals surface area (Å²) in [5.41, 5.74) is 0.593. The normalized spacial score (nSPS) is 10.2. The molecule has 0 unspecified atom stereocenters. The van der Waals surface area contributed by atoms with Crippen LogP contribution in [-0.4, -0.2) is 29.0 Å². The summed E-state index contributed by atoms with van der Waals surface area (Å²) in [4.78, 5) is 35.8. The number of benzene rings is 2. The number of imide groups is 1. The van der Waals surface area contributed by atoms with Crippen LogP contribution in [0.1, 0.15) is 20.8 Å². The first-order valence-electron chi connectivity index (χ1n) is 8.48. The average Bonchev–Trinajstić information content (AvgIpc) is 3.13. The number of carbonyl (C=O) groups is 3. The Labute approximate surface area is 161 Å². The zero-order valence-electron chi connectivity index (χ0n) is 15.1. The van der Waals surface area contributed by atoms with Crippen molar-refractivity contribution in [3.63, 3.8) is 0 Å². The fourth-order valence-electron chi connectivity index (χ4n) is 2.42. The lowest BCUT2D eigenvalue weighted by molar-refractivity contribution is -0.123. The molecule has 0 radical (unpaired) electrons. The molecule has 3 aromatic rings. The third-order valence-electron chi connectivity index (χ3n) is 3.83. The lowest BCUT2D eigenvalue weighted by Crippen LogP contribution is -2.35. The molecule has 0 bridgehead atoms. The van der Waals surface area contributed by atoms with E-state index in [2.05, 4.69) is 5.32 Å². The summed E-state index contributed by atoms with van der Waals surface area (Å²) in [6.07, 6.45) is 1.69. The smallest absolute Gasteiger partial charge is 0.338 e. The molecular formula is C21H18N2O5. The van der Waals surface area contributed by atoms with E-state index in [0.717, 1.165) is 0 Å². The second-order valence-corrected chi connectivity index (χ2v) is 5.90. The van der Waals surface area contributed by atoms with Crippen molar-refractivity contribution in [2.75, 3.05) is 6.61 Å². The Morgan fingerprint density at radius 3 is 2.21 bits per heavy atom. The molecule has 0 aliphatic heterocycles. The number of aromatic nitrogens is 1. The third-order valence-corrected chi connectivity index (χ3v) is 3.83. The highest BCUT2D eigenvalue weighted by Crippen LogP contribution is 2.21. The Balaban J connectivity index is 1.50. The van der Waals surface area contributed by atoms with E-state index in [9.17, 15) is 14.4 Å². The Morgan fingerprint density at radius 1 is 0.893 bits per heavy atom. The van der Waals surface area contributed by atoms with E-state index in [0.29, 0.717) is 17.2 Å². The molecule has 0 fully saturated rings. The Morgan fingerprint density at radius 2 is 1.57 bits per heavy atom. The van der Waals surface area contributed by atoms with Crippen molar-refractivity contribution in [3.05, 3.63) is 84.2 Å². The highest BCUT2D eigenvalue weighted by atomic mass is 16.5. The van der Waals surface area contributed by atoms with Gasteiger partial charge in [-0.05, 0) is 48.5 Å². The van der Waals surface area contributed by atoms with Gasteiger partial charge in [0.05, 0.1) is 5.56 Å². The quantitative estimate of drug-likeness (QED) is 0.667. The van der Waals surface area contributed by atoms with Crippen LogP contribution in [0.15, 0.2) is 72.9 Å².